The van der Waals surface area contributed by atoms with Crippen LogP contribution in [0.5, 0.6) is 0 Å². The maximum atomic E-state index is 12.7. The van der Waals surface area contributed by atoms with E-state index in [4.69, 9.17) is 0 Å². The quantitative estimate of drug-likeness (QED) is 0.719. The van der Waals surface area contributed by atoms with E-state index in [1.807, 2.05) is 53.4 Å². The van der Waals surface area contributed by atoms with Gasteiger partial charge in [-0.1, -0.05) is 30.3 Å². The Labute approximate surface area is 157 Å². The highest BCUT2D eigenvalue weighted by Gasteiger charge is 2.32. The molecule has 0 bridgehead atoms. The molecule has 5 rings (SSSR count). The number of fused-ring (bicyclic) bond motifs is 1. The van der Waals surface area contributed by atoms with Gasteiger partial charge >= 0.3 is 0 Å². The summed E-state index contributed by atoms with van der Waals surface area (Å²) in [6, 6.07) is 17.4. The first-order chi connectivity index (χ1) is 13.2. The lowest BCUT2D eigenvalue weighted by Gasteiger charge is -2.39. The van der Waals surface area contributed by atoms with Crippen LogP contribution < -0.4 is 5.56 Å². The minimum absolute atomic E-state index is 0.0568. The summed E-state index contributed by atoms with van der Waals surface area (Å²) < 4.78 is 1.58. The fraction of sp³-hybridized carbons (Fsp3) is 0.318. The summed E-state index contributed by atoms with van der Waals surface area (Å²) >= 11 is 0. The number of amides is 1. The molecule has 5 nitrogen and oxygen atoms in total. The summed E-state index contributed by atoms with van der Waals surface area (Å²) in [7, 11) is 0. The van der Waals surface area contributed by atoms with Crippen LogP contribution in [-0.4, -0.2) is 33.7 Å². The molecular weight excluding hydrogens is 338 g/mol. The predicted octanol–water partition coefficient (Wildman–Crippen LogP) is 3.05. The van der Waals surface area contributed by atoms with Gasteiger partial charge in [0.25, 0.3) is 11.5 Å². The number of hydrogen-bond acceptors (Lipinski definition) is 3. The van der Waals surface area contributed by atoms with Crippen LogP contribution in [0.3, 0.4) is 0 Å². The molecule has 27 heavy (non-hydrogen) atoms. The van der Waals surface area contributed by atoms with Crippen LogP contribution in [0, 0.1) is 5.92 Å². The molecule has 1 amide bonds. The van der Waals surface area contributed by atoms with Gasteiger partial charge in [-0.2, -0.15) is 5.10 Å². The topological polar surface area (TPSA) is 55.2 Å². The van der Waals surface area contributed by atoms with Crippen LogP contribution >= 0.6 is 0 Å². The summed E-state index contributed by atoms with van der Waals surface area (Å²) in [5, 5.41) is 6.73. The van der Waals surface area contributed by atoms with Crippen molar-refractivity contribution >= 4 is 16.7 Å². The first-order valence-corrected chi connectivity index (χ1v) is 9.53. The number of rotatable bonds is 4. The SMILES string of the molecule is O=C(c1ccc2ccccc2c1)N1CC(Cn2nc(C3CC3)ccc2=O)C1. The lowest BCUT2D eigenvalue weighted by molar-refractivity contribution is 0.0458. The van der Waals surface area contributed by atoms with Crippen LogP contribution in [0.4, 0.5) is 0 Å². The number of aromatic nitrogens is 2. The Bertz CT molecular complexity index is 1080. The minimum atomic E-state index is -0.0568. The van der Waals surface area contributed by atoms with Crippen molar-refractivity contribution in [2.24, 2.45) is 5.92 Å². The molecule has 1 saturated carbocycles. The molecule has 2 heterocycles. The Morgan fingerprint density at radius 2 is 1.78 bits per heavy atom. The third kappa shape index (κ3) is 3.14. The van der Waals surface area contributed by atoms with Gasteiger partial charge in [0, 0.05) is 36.6 Å². The highest BCUT2D eigenvalue weighted by atomic mass is 16.2. The van der Waals surface area contributed by atoms with E-state index in [0.717, 1.165) is 22.0 Å². The third-order valence-electron chi connectivity index (χ3n) is 5.55. The second-order valence-corrected chi connectivity index (χ2v) is 7.69. The monoisotopic (exact) mass is 359 g/mol. The Hall–Kier alpha value is -2.95. The Morgan fingerprint density at radius 1 is 1.00 bits per heavy atom. The van der Waals surface area contributed by atoms with Gasteiger partial charge < -0.3 is 4.90 Å². The van der Waals surface area contributed by atoms with Crippen molar-refractivity contribution in [2.75, 3.05) is 13.1 Å². The van der Waals surface area contributed by atoms with Crippen molar-refractivity contribution in [3.63, 3.8) is 0 Å². The van der Waals surface area contributed by atoms with Gasteiger partial charge in [-0.25, -0.2) is 4.68 Å². The van der Waals surface area contributed by atoms with Gasteiger partial charge in [0.1, 0.15) is 0 Å². The van der Waals surface area contributed by atoms with Crippen molar-refractivity contribution in [3.05, 3.63) is 76.2 Å². The average Bonchev–Trinajstić information content (AvgIpc) is 3.50. The first-order valence-electron chi connectivity index (χ1n) is 9.53. The summed E-state index contributed by atoms with van der Waals surface area (Å²) in [6.45, 7) is 1.93. The highest BCUT2D eigenvalue weighted by Crippen LogP contribution is 2.38. The molecular formula is C22H21N3O2. The maximum absolute atomic E-state index is 12.7. The fourth-order valence-electron chi connectivity index (χ4n) is 3.79. The first kappa shape index (κ1) is 16.2. The van der Waals surface area contributed by atoms with Crippen LogP contribution in [-0.2, 0) is 6.54 Å². The van der Waals surface area contributed by atoms with Crippen LogP contribution in [0.25, 0.3) is 10.8 Å². The van der Waals surface area contributed by atoms with Gasteiger partial charge in [-0.05, 0) is 41.8 Å². The van der Waals surface area contributed by atoms with Crippen molar-refractivity contribution in [2.45, 2.75) is 25.3 Å². The van der Waals surface area contributed by atoms with Crippen molar-refractivity contribution in [1.82, 2.24) is 14.7 Å². The molecule has 0 radical (unpaired) electrons. The molecule has 2 aliphatic rings. The average molecular weight is 359 g/mol. The molecule has 136 valence electrons. The van der Waals surface area contributed by atoms with Gasteiger partial charge in [0.2, 0.25) is 0 Å². The number of nitrogens with zero attached hydrogens (tertiary/aromatic N) is 3. The van der Waals surface area contributed by atoms with Crippen LogP contribution in [0.2, 0.25) is 0 Å². The zero-order valence-electron chi connectivity index (χ0n) is 15.0. The summed E-state index contributed by atoms with van der Waals surface area (Å²) in [6.07, 6.45) is 2.34. The number of carbonyl (C=O) groups excluding carboxylic acids is 1. The van der Waals surface area contributed by atoms with Gasteiger partial charge in [0.05, 0.1) is 12.2 Å². The molecule has 1 saturated heterocycles. The zero-order chi connectivity index (χ0) is 18.4. The van der Waals surface area contributed by atoms with E-state index < -0.39 is 0 Å². The molecule has 2 fully saturated rings. The number of carbonyl (C=O) groups is 1. The molecule has 1 aliphatic heterocycles. The van der Waals surface area contributed by atoms with E-state index >= 15 is 0 Å². The van der Waals surface area contributed by atoms with Crippen LogP contribution in [0.15, 0.2) is 59.4 Å². The van der Waals surface area contributed by atoms with E-state index in [2.05, 4.69) is 5.10 Å². The van der Waals surface area contributed by atoms with E-state index in [-0.39, 0.29) is 17.4 Å². The maximum Gasteiger partial charge on any atom is 0.266 e. The third-order valence-corrected chi connectivity index (χ3v) is 5.55. The Kier molecular flexibility index (Phi) is 3.81. The fourth-order valence-corrected chi connectivity index (χ4v) is 3.79. The van der Waals surface area contributed by atoms with E-state index in [1.165, 1.54) is 12.8 Å². The second-order valence-electron chi connectivity index (χ2n) is 7.69. The van der Waals surface area contributed by atoms with E-state index in [0.29, 0.717) is 25.6 Å². The zero-order valence-corrected chi connectivity index (χ0v) is 15.0. The smallest absolute Gasteiger partial charge is 0.266 e. The summed E-state index contributed by atoms with van der Waals surface area (Å²) in [5.74, 6) is 0.877. The highest BCUT2D eigenvalue weighted by molar-refractivity contribution is 5.98. The molecule has 1 aliphatic carbocycles. The number of benzene rings is 2. The second kappa shape index (κ2) is 6.34. The molecule has 2 aromatic carbocycles. The number of likely N-dealkylation sites (tertiary alicyclic amines) is 1. The van der Waals surface area contributed by atoms with Gasteiger partial charge in [0.15, 0.2) is 0 Å². The summed E-state index contributed by atoms with van der Waals surface area (Å²) in [4.78, 5) is 26.7. The summed E-state index contributed by atoms with van der Waals surface area (Å²) in [5.41, 5.74) is 1.69. The van der Waals surface area contributed by atoms with E-state index in [1.54, 1.807) is 10.7 Å². The predicted molar refractivity (Wildman–Crippen MR) is 104 cm³/mol. The lowest BCUT2D eigenvalue weighted by Crippen LogP contribution is -2.52. The van der Waals surface area contributed by atoms with Crippen molar-refractivity contribution in [1.29, 1.82) is 0 Å². The van der Waals surface area contributed by atoms with Gasteiger partial charge in [-0.15, -0.1) is 0 Å². The molecule has 3 aromatic rings. The number of hydrogen-bond donors (Lipinski definition) is 0. The van der Waals surface area contributed by atoms with Crippen molar-refractivity contribution < 1.29 is 4.79 Å². The molecule has 1 aromatic heterocycles. The van der Waals surface area contributed by atoms with Crippen LogP contribution in [0.1, 0.15) is 34.8 Å². The lowest BCUT2D eigenvalue weighted by atomic mass is 9.98. The van der Waals surface area contributed by atoms with Crippen molar-refractivity contribution in [3.8, 4) is 0 Å². The van der Waals surface area contributed by atoms with Gasteiger partial charge in [-0.3, -0.25) is 9.59 Å². The largest absolute Gasteiger partial charge is 0.338 e. The normalized spacial score (nSPS) is 17.1. The molecule has 0 unspecified atom stereocenters. The molecule has 5 heteroatoms. The Balaban J connectivity index is 1.25. The minimum Gasteiger partial charge on any atom is -0.338 e. The Morgan fingerprint density at radius 3 is 2.56 bits per heavy atom. The molecule has 0 spiro atoms. The standard InChI is InChI=1S/C22H21N3O2/c26-21-10-9-20(17-6-7-17)23-25(21)14-15-12-24(13-15)22(27)19-8-5-16-3-1-2-4-18(16)11-19/h1-5,8-11,15,17H,6-7,12-14H2. The molecule has 0 atom stereocenters. The molecule has 0 N–H and O–H groups in total. The van der Waals surface area contributed by atoms with E-state index in [9.17, 15) is 9.59 Å².